The SMILES string of the molecule is Cc1ccc(S(=O)(=O)N2CC(C)(C)NC(=O)C2CC(=O)N[C@@H]2CCOc3cc(CNC(C)(C)C)c(C)cc32)cc1. The predicted molar refractivity (Wildman–Crippen MR) is 154 cm³/mol. The van der Waals surface area contributed by atoms with Gasteiger partial charge in [0, 0.05) is 36.2 Å². The maximum atomic E-state index is 13.7. The van der Waals surface area contributed by atoms with Gasteiger partial charge in [0.2, 0.25) is 21.8 Å². The fourth-order valence-electron chi connectivity index (χ4n) is 5.10. The summed E-state index contributed by atoms with van der Waals surface area (Å²) in [6, 6.07) is 9.12. The van der Waals surface area contributed by atoms with Crippen LogP contribution in [0.1, 0.15) is 75.8 Å². The second kappa shape index (κ2) is 11.1. The number of benzene rings is 2. The summed E-state index contributed by atoms with van der Waals surface area (Å²) in [5.41, 5.74) is 3.22. The van der Waals surface area contributed by atoms with E-state index in [0.717, 1.165) is 28.0 Å². The molecule has 1 saturated heterocycles. The molecule has 4 rings (SSSR count). The molecule has 2 heterocycles. The highest BCUT2D eigenvalue weighted by atomic mass is 32.2. The molecule has 1 unspecified atom stereocenters. The zero-order valence-electron chi connectivity index (χ0n) is 24.6. The van der Waals surface area contributed by atoms with E-state index >= 15 is 0 Å². The van der Waals surface area contributed by atoms with E-state index in [9.17, 15) is 18.0 Å². The Morgan fingerprint density at radius 1 is 1.15 bits per heavy atom. The Morgan fingerprint density at radius 2 is 1.82 bits per heavy atom. The van der Waals surface area contributed by atoms with Crippen molar-refractivity contribution < 1.29 is 22.7 Å². The maximum Gasteiger partial charge on any atom is 0.243 e. The van der Waals surface area contributed by atoms with Crippen LogP contribution in [0, 0.1) is 13.8 Å². The van der Waals surface area contributed by atoms with Gasteiger partial charge < -0.3 is 20.7 Å². The number of carbonyl (C=O) groups excluding carboxylic acids is 2. The van der Waals surface area contributed by atoms with E-state index in [-0.39, 0.29) is 29.4 Å². The first-order valence-electron chi connectivity index (χ1n) is 13.8. The molecule has 0 radical (unpaired) electrons. The van der Waals surface area contributed by atoms with Crippen LogP contribution in [0.4, 0.5) is 0 Å². The number of aryl methyl sites for hydroxylation is 2. The summed E-state index contributed by atoms with van der Waals surface area (Å²) in [5.74, 6) is -0.146. The molecule has 2 amide bonds. The number of rotatable bonds is 7. The van der Waals surface area contributed by atoms with E-state index in [2.05, 4.69) is 36.7 Å². The van der Waals surface area contributed by atoms with Gasteiger partial charge in [-0.05, 0) is 83.9 Å². The number of nitrogens with zero attached hydrogens (tertiary/aromatic N) is 1. The molecule has 0 spiro atoms. The molecular formula is C30H42N4O5S. The topological polar surface area (TPSA) is 117 Å². The highest BCUT2D eigenvalue weighted by Crippen LogP contribution is 2.35. The summed E-state index contributed by atoms with van der Waals surface area (Å²) in [6.45, 7) is 15.0. The first-order chi connectivity index (χ1) is 18.6. The third kappa shape index (κ3) is 6.85. The zero-order valence-corrected chi connectivity index (χ0v) is 25.4. The van der Waals surface area contributed by atoms with Crippen molar-refractivity contribution in [3.8, 4) is 5.75 Å². The van der Waals surface area contributed by atoms with Gasteiger partial charge in [0.1, 0.15) is 11.8 Å². The van der Waals surface area contributed by atoms with Gasteiger partial charge in [0.05, 0.1) is 24.0 Å². The monoisotopic (exact) mass is 570 g/mol. The van der Waals surface area contributed by atoms with Crippen LogP contribution in [0.5, 0.6) is 5.75 Å². The molecule has 2 atom stereocenters. The lowest BCUT2D eigenvalue weighted by Gasteiger charge is -2.42. The van der Waals surface area contributed by atoms with E-state index < -0.39 is 33.4 Å². The molecule has 0 saturated carbocycles. The highest BCUT2D eigenvalue weighted by molar-refractivity contribution is 7.89. The molecule has 1 fully saturated rings. The van der Waals surface area contributed by atoms with E-state index in [0.29, 0.717) is 19.6 Å². The average Bonchev–Trinajstić information content (AvgIpc) is 2.84. The Morgan fingerprint density at radius 3 is 2.48 bits per heavy atom. The molecule has 0 aromatic heterocycles. The van der Waals surface area contributed by atoms with Gasteiger partial charge in [0.25, 0.3) is 0 Å². The fraction of sp³-hybridized carbons (Fsp3) is 0.533. The molecule has 40 heavy (non-hydrogen) atoms. The minimum Gasteiger partial charge on any atom is -0.493 e. The quantitative estimate of drug-likeness (QED) is 0.469. The summed E-state index contributed by atoms with van der Waals surface area (Å²) in [5, 5.41) is 9.43. The minimum atomic E-state index is -4.02. The van der Waals surface area contributed by atoms with Gasteiger partial charge >= 0.3 is 0 Å². The van der Waals surface area contributed by atoms with Gasteiger partial charge in [0.15, 0.2) is 0 Å². The van der Waals surface area contributed by atoms with Crippen molar-refractivity contribution in [2.75, 3.05) is 13.2 Å². The number of fused-ring (bicyclic) bond motifs is 1. The number of piperazine rings is 1. The smallest absolute Gasteiger partial charge is 0.243 e. The van der Waals surface area contributed by atoms with Gasteiger partial charge in [-0.15, -0.1) is 0 Å². The Bertz CT molecular complexity index is 1380. The van der Waals surface area contributed by atoms with Crippen LogP contribution in [0.25, 0.3) is 0 Å². The average molecular weight is 571 g/mol. The summed E-state index contributed by atoms with van der Waals surface area (Å²) >= 11 is 0. The summed E-state index contributed by atoms with van der Waals surface area (Å²) in [6.07, 6.45) is 0.291. The molecular weight excluding hydrogens is 528 g/mol. The number of hydrogen-bond donors (Lipinski definition) is 3. The normalized spacial score (nSPS) is 21.2. The summed E-state index contributed by atoms with van der Waals surface area (Å²) < 4.78 is 34.4. The number of sulfonamides is 1. The molecule has 2 aromatic rings. The van der Waals surface area contributed by atoms with Crippen molar-refractivity contribution in [1.82, 2.24) is 20.3 Å². The van der Waals surface area contributed by atoms with Crippen molar-refractivity contribution in [2.24, 2.45) is 0 Å². The molecule has 2 aliphatic heterocycles. The Kier molecular flexibility index (Phi) is 8.36. The number of nitrogens with one attached hydrogen (secondary N) is 3. The molecule has 10 heteroatoms. The van der Waals surface area contributed by atoms with Gasteiger partial charge in [-0.2, -0.15) is 4.31 Å². The first kappa shape index (κ1) is 30.0. The predicted octanol–water partition coefficient (Wildman–Crippen LogP) is 3.49. The fourth-order valence-corrected chi connectivity index (χ4v) is 6.85. The number of ether oxygens (including phenoxy) is 1. The maximum absolute atomic E-state index is 13.7. The van der Waals surface area contributed by atoms with Crippen molar-refractivity contribution in [3.63, 3.8) is 0 Å². The largest absolute Gasteiger partial charge is 0.493 e. The number of hydrogen-bond acceptors (Lipinski definition) is 6. The van der Waals surface area contributed by atoms with Crippen LogP contribution in [0.2, 0.25) is 0 Å². The minimum absolute atomic E-state index is 0.0266. The molecule has 2 aliphatic rings. The van der Waals surface area contributed by atoms with Gasteiger partial charge in [-0.1, -0.05) is 17.7 Å². The molecule has 218 valence electrons. The Balaban J connectivity index is 1.54. The number of carbonyl (C=O) groups is 2. The summed E-state index contributed by atoms with van der Waals surface area (Å²) in [7, 11) is -4.02. The molecule has 9 nitrogen and oxygen atoms in total. The van der Waals surface area contributed by atoms with E-state index in [1.54, 1.807) is 26.0 Å². The van der Waals surface area contributed by atoms with Crippen LogP contribution in [-0.2, 0) is 26.2 Å². The lowest BCUT2D eigenvalue weighted by molar-refractivity contribution is -0.134. The first-order valence-corrected chi connectivity index (χ1v) is 15.2. The van der Waals surface area contributed by atoms with Gasteiger partial charge in [-0.25, -0.2) is 8.42 Å². The highest BCUT2D eigenvalue weighted by Gasteiger charge is 2.45. The van der Waals surface area contributed by atoms with Gasteiger partial charge in [-0.3, -0.25) is 9.59 Å². The van der Waals surface area contributed by atoms with E-state index in [1.807, 2.05) is 26.0 Å². The van der Waals surface area contributed by atoms with Crippen molar-refractivity contribution in [3.05, 3.63) is 58.7 Å². The van der Waals surface area contributed by atoms with Crippen molar-refractivity contribution >= 4 is 21.8 Å². The van der Waals surface area contributed by atoms with Crippen molar-refractivity contribution in [2.45, 2.75) is 95.9 Å². The van der Waals surface area contributed by atoms with Crippen LogP contribution < -0.4 is 20.7 Å². The standard InChI is InChI=1S/C30H42N4O5S/c1-19-8-10-22(11-9-19)40(37,38)34-18-30(6,7)33-28(36)25(34)16-27(35)32-24-12-13-39-26-15-21(17-31-29(3,4)5)20(2)14-23(24)26/h8-11,14-15,24-25,31H,12-13,16-18H2,1-7H3,(H,32,35)(H,33,36)/t24-,25?/m1/s1. The third-order valence-corrected chi connectivity index (χ3v) is 9.19. The van der Waals surface area contributed by atoms with Crippen LogP contribution in [-0.4, -0.2) is 54.8 Å². The zero-order chi connectivity index (χ0) is 29.5. The third-order valence-electron chi connectivity index (χ3n) is 7.32. The molecule has 0 bridgehead atoms. The molecule has 2 aromatic carbocycles. The lowest BCUT2D eigenvalue weighted by atomic mass is 9.94. The Labute approximate surface area is 238 Å². The second-order valence-corrected chi connectivity index (χ2v) is 14.5. The molecule has 3 N–H and O–H groups in total. The van der Waals surface area contributed by atoms with Crippen LogP contribution in [0.3, 0.4) is 0 Å². The number of amides is 2. The molecule has 0 aliphatic carbocycles. The van der Waals surface area contributed by atoms with E-state index in [4.69, 9.17) is 4.74 Å². The second-order valence-electron chi connectivity index (χ2n) is 12.6. The van der Waals surface area contributed by atoms with Crippen LogP contribution in [0.15, 0.2) is 41.3 Å². The van der Waals surface area contributed by atoms with Crippen LogP contribution >= 0.6 is 0 Å². The van der Waals surface area contributed by atoms with Crippen molar-refractivity contribution in [1.29, 1.82) is 0 Å². The lowest BCUT2D eigenvalue weighted by Crippen LogP contribution is -2.66. The Hall–Kier alpha value is -2.95. The summed E-state index contributed by atoms with van der Waals surface area (Å²) in [4.78, 5) is 26.6. The van der Waals surface area contributed by atoms with E-state index in [1.165, 1.54) is 16.4 Å².